The third-order valence-corrected chi connectivity index (χ3v) is 4.38. The number of hydrogen-bond acceptors (Lipinski definition) is 4. The first-order valence-corrected chi connectivity index (χ1v) is 9.94. The van der Waals surface area contributed by atoms with Crippen molar-refractivity contribution in [3.8, 4) is 5.75 Å². The average molecular weight is 415 g/mol. The molecular formula is C25H25N3O3. The first-order chi connectivity index (χ1) is 15.1. The molecule has 0 spiro atoms. The molecule has 0 aliphatic rings. The summed E-state index contributed by atoms with van der Waals surface area (Å²) in [6, 6.07) is 23.9. The van der Waals surface area contributed by atoms with E-state index in [0.717, 1.165) is 5.56 Å². The van der Waals surface area contributed by atoms with E-state index in [0.29, 0.717) is 35.8 Å². The lowest BCUT2D eigenvalue weighted by atomic mass is 10.1. The van der Waals surface area contributed by atoms with Gasteiger partial charge < -0.3 is 20.7 Å². The smallest absolute Gasteiger partial charge is 0.251 e. The van der Waals surface area contributed by atoms with E-state index in [1.807, 2.05) is 36.4 Å². The molecule has 3 rings (SSSR count). The van der Waals surface area contributed by atoms with E-state index < -0.39 is 0 Å². The number of amides is 2. The van der Waals surface area contributed by atoms with E-state index >= 15 is 0 Å². The van der Waals surface area contributed by atoms with Gasteiger partial charge in [0.25, 0.3) is 5.91 Å². The summed E-state index contributed by atoms with van der Waals surface area (Å²) < 4.78 is 5.42. The van der Waals surface area contributed by atoms with Crippen LogP contribution in [0.1, 0.15) is 15.9 Å². The van der Waals surface area contributed by atoms with Gasteiger partial charge >= 0.3 is 0 Å². The van der Waals surface area contributed by atoms with E-state index in [4.69, 9.17) is 4.74 Å². The second kappa shape index (κ2) is 11.2. The SMILES string of the molecule is C=CCOc1ccc(NC(=O)CNc2cccc(C(=O)NCc3ccccc3)c2)cc1. The molecule has 0 fully saturated rings. The molecule has 0 saturated carbocycles. The maximum atomic E-state index is 12.4. The Bertz CT molecular complexity index is 1020. The lowest BCUT2D eigenvalue weighted by Gasteiger charge is -2.10. The van der Waals surface area contributed by atoms with Crippen molar-refractivity contribution in [3.63, 3.8) is 0 Å². The van der Waals surface area contributed by atoms with Crippen molar-refractivity contribution in [1.29, 1.82) is 0 Å². The van der Waals surface area contributed by atoms with Gasteiger partial charge in [-0.25, -0.2) is 0 Å². The molecule has 0 atom stereocenters. The highest BCUT2D eigenvalue weighted by Crippen LogP contribution is 2.16. The second-order valence-electron chi connectivity index (χ2n) is 6.77. The third-order valence-electron chi connectivity index (χ3n) is 4.38. The van der Waals surface area contributed by atoms with Gasteiger partial charge in [0.15, 0.2) is 0 Å². The largest absolute Gasteiger partial charge is 0.490 e. The monoisotopic (exact) mass is 415 g/mol. The van der Waals surface area contributed by atoms with Crippen LogP contribution in [0.3, 0.4) is 0 Å². The predicted molar refractivity (Wildman–Crippen MR) is 123 cm³/mol. The number of nitrogens with one attached hydrogen (secondary N) is 3. The van der Waals surface area contributed by atoms with Crippen LogP contribution in [0.25, 0.3) is 0 Å². The number of carbonyl (C=O) groups excluding carboxylic acids is 2. The summed E-state index contributed by atoms with van der Waals surface area (Å²) in [6.07, 6.45) is 1.67. The highest BCUT2D eigenvalue weighted by Gasteiger charge is 2.07. The Kier molecular flexibility index (Phi) is 7.83. The molecule has 0 aromatic heterocycles. The van der Waals surface area contributed by atoms with Crippen molar-refractivity contribution >= 4 is 23.2 Å². The molecule has 0 saturated heterocycles. The van der Waals surface area contributed by atoms with Crippen LogP contribution in [-0.2, 0) is 11.3 Å². The van der Waals surface area contributed by atoms with Gasteiger partial charge in [0.05, 0.1) is 6.54 Å². The maximum absolute atomic E-state index is 12.4. The lowest BCUT2D eigenvalue weighted by molar-refractivity contribution is -0.114. The first kappa shape index (κ1) is 21.6. The van der Waals surface area contributed by atoms with Gasteiger partial charge in [-0.3, -0.25) is 9.59 Å². The predicted octanol–water partition coefficient (Wildman–Crippen LogP) is 4.23. The molecule has 3 aromatic rings. The van der Waals surface area contributed by atoms with Gasteiger partial charge in [-0.05, 0) is 48.0 Å². The number of anilines is 2. The molecule has 6 heteroatoms. The molecule has 3 N–H and O–H groups in total. The third kappa shape index (κ3) is 7.04. The first-order valence-electron chi connectivity index (χ1n) is 9.94. The molecule has 0 heterocycles. The molecule has 31 heavy (non-hydrogen) atoms. The van der Waals surface area contributed by atoms with Crippen LogP contribution >= 0.6 is 0 Å². The lowest BCUT2D eigenvalue weighted by Crippen LogP contribution is -2.23. The number of rotatable bonds is 10. The highest BCUT2D eigenvalue weighted by atomic mass is 16.5. The summed E-state index contributed by atoms with van der Waals surface area (Å²) in [6.45, 7) is 4.56. The van der Waals surface area contributed by atoms with Crippen LogP contribution in [0, 0.1) is 0 Å². The molecule has 0 radical (unpaired) electrons. The van der Waals surface area contributed by atoms with Gasteiger partial charge in [0, 0.05) is 23.5 Å². The summed E-state index contributed by atoms with van der Waals surface area (Å²) in [5, 5.41) is 8.76. The Morgan fingerprint density at radius 1 is 0.903 bits per heavy atom. The molecule has 0 aliphatic heterocycles. The second-order valence-corrected chi connectivity index (χ2v) is 6.77. The molecular weight excluding hydrogens is 390 g/mol. The number of ether oxygens (including phenoxy) is 1. The van der Waals surface area contributed by atoms with Crippen LogP contribution in [0.15, 0.2) is 91.5 Å². The zero-order chi connectivity index (χ0) is 21.9. The average Bonchev–Trinajstić information content (AvgIpc) is 2.81. The van der Waals surface area contributed by atoms with E-state index in [9.17, 15) is 9.59 Å². The van der Waals surface area contributed by atoms with Crippen molar-refractivity contribution in [2.45, 2.75) is 6.54 Å². The molecule has 0 aliphatic carbocycles. The molecule has 6 nitrogen and oxygen atoms in total. The fraction of sp³-hybridized carbons (Fsp3) is 0.120. The summed E-state index contributed by atoms with van der Waals surface area (Å²) in [5.74, 6) is 0.341. The van der Waals surface area contributed by atoms with Crippen molar-refractivity contribution in [3.05, 3.63) is 103 Å². The van der Waals surface area contributed by atoms with Gasteiger partial charge in [0.1, 0.15) is 12.4 Å². The van der Waals surface area contributed by atoms with Gasteiger partial charge in [-0.2, -0.15) is 0 Å². The van der Waals surface area contributed by atoms with Crippen molar-refractivity contribution < 1.29 is 14.3 Å². The number of benzene rings is 3. The quantitative estimate of drug-likeness (QED) is 0.433. The molecule has 0 bridgehead atoms. The Morgan fingerprint density at radius 2 is 1.68 bits per heavy atom. The van der Waals surface area contributed by atoms with Crippen LogP contribution in [0.2, 0.25) is 0 Å². The fourth-order valence-electron chi connectivity index (χ4n) is 2.83. The van der Waals surface area contributed by atoms with E-state index in [1.54, 1.807) is 48.5 Å². The zero-order valence-corrected chi connectivity index (χ0v) is 17.1. The number of hydrogen-bond donors (Lipinski definition) is 3. The summed E-state index contributed by atoms with van der Waals surface area (Å²) in [4.78, 5) is 24.6. The topological polar surface area (TPSA) is 79.5 Å². The Balaban J connectivity index is 1.48. The van der Waals surface area contributed by atoms with E-state index in [2.05, 4.69) is 22.5 Å². The summed E-state index contributed by atoms with van der Waals surface area (Å²) in [7, 11) is 0. The van der Waals surface area contributed by atoms with Gasteiger partial charge in [0.2, 0.25) is 5.91 Å². The number of carbonyl (C=O) groups is 2. The minimum Gasteiger partial charge on any atom is -0.490 e. The normalized spacial score (nSPS) is 10.1. The Morgan fingerprint density at radius 3 is 2.42 bits per heavy atom. The minimum absolute atomic E-state index is 0.0732. The van der Waals surface area contributed by atoms with Crippen molar-refractivity contribution in [2.75, 3.05) is 23.8 Å². The van der Waals surface area contributed by atoms with Crippen LogP contribution in [-0.4, -0.2) is 25.0 Å². The molecule has 0 unspecified atom stereocenters. The maximum Gasteiger partial charge on any atom is 0.251 e. The Labute approximate surface area is 181 Å². The van der Waals surface area contributed by atoms with Crippen molar-refractivity contribution in [2.24, 2.45) is 0 Å². The molecule has 158 valence electrons. The minimum atomic E-state index is -0.196. The van der Waals surface area contributed by atoms with E-state index in [-0.39, 0.29) is 18.4 Å². The van der Waals surface area contributed by atoms with E-state index in [1.165, 1.54) is 0 Å². The van der Waals surface area contributed by atoms with Crippen LogP contribution < -0.4 is 20.7 Å². The standard InChI is InChI=1S/C25H25N3O3/c1-2-15-31-23-13-11-21(12-14-23)28-24(29)18-26-22-10-6-9-20(16-22)25(30)27-17-19-7-4-3-5-8-19/h2-14,16,26H,1,15,17-18H2,(H,27,30)(H,28,29). The molecule has 2 amide bonds. The van der Waals surface area contributed by atoms with Crippen LogP contribution in [0.4, 0.5) is 11.4 Å². The summed E-state index contributed by atoms with van der Waals surface area (Å²) in [5.41, 5.74) is 2.92. The van der Waals surface area contributed by atoms with Crippen LogP contribution in [0.5, 0.6) is 5.75 Å². The fourth-order valence-corrected chi connectivity index (χ4v) is 2.83. The summed E-state index contributed by atoms with van der Waals surface area (Å²) >= 11 is 0. The van der Waals surface area contributed by atoms with Gasteiger partial charge in [-0.1, -0.05) is 49.1 Å². The van der Waals surface area contributed by atoms with Gasteiger partial charge in [-0.15, -0.1) is 0 Å². The highest BCUT2D eigenvalue weighted by molar-refractivity contribution is 5.96. The zero-order valence-electron chi connectivity index (χ0n) is 17.1. The molecule has 3 aromatic carbocycles. The Hall–Kier alpha value is -4.06. The van der Waals surface area contributed by atoms with Crippen molar-refractivity contribution in [1.82, 2.24) is 5.32 Å².